The molecule has 0 bridgehead atoms. The van der Waals surface area contributed by atoms with Crippen LogP contribution in [0.3, 0.4) is 0 Å². The van der Waals surface area contributed by atoms with Crippen molar-refractivity contribution in [2.24, 2.45) is 5.41 Å². The van der Waals surface area contributed by atoms with Crippen molar-refractivity contribution >= 4 is 0 Å². The zero-order chi connectivity index (χ0) is 11.7. The van der Waals surface area contributed by atoms with Crippen molar-refractivity contribution in [1.82, 2.24) is 4.90 Å². The van der Waals surface area contributed by atoms with E-state index in [4.69, 9.17) is 5.11 Å². The first-order valence-electron chi connectivity index (χ1n) is 5.50. The quantitative estimate of drug-likeness (QED) is 0.699. The van der Waals surface area contributed by atoms with Crippen molar-refractivity contribution < 1.29 is 5.11 Å². The molecule has 0 unspecified atom stereocenters. The van der Waals surface area contributed by atoms with E-state index in [-0.39, 0.29) is 12.0 Å². The van der Waals surface area contributed by atoms with Crippen molar-refractivity contribution in [2.75, 3.05) is 26.2 Å². The summed E-state index contributed by atoms with van der Waals surface area (Å²) in [5.41, 5.74) is 0.0693. The summed E-state index contributed by atoms with van der Waals surface area (Å²) in [6, 6.07) is 0. The van der Waals surface area contributed by atoms with E-state index in [2.05, 4.69) is 44.4 Å². The van der Waals surface area contributed by atoms with E-state index in [1.54, 1.807) is 0 Å². The van der Waals surface area contributed by atoms with E-state index in [0.717, 1.165) is 19.6 Å². The van der Waals surface area contributed by atoms with Crippen LogP contribution in [0, 0.1) is 17.3 Å². The van der Waals surface area contributed by atoms with Gasteiger partial charge >= 0.3 is 0 Å². The van der Waals surface area contributed by atoms with E-state index in [1.807, 2.05) is 12.2 Å². The number of likely N-dealkylation sites (N-methyl/N-ethyl adjacent to an activating group) is 1. The fourth-order valence-electron chi connectivity index (χ4n) is 1.04. The summed E-state index contributed by atoms with van der Waals surface area (Å²) < 4.78 is 0. The van der Waals surface area contributed by atoms with Gasteiger partial charge in [0.1, 0.15) is 0 Å². The molecule has 0 amide bonds. The van der Waals surface area contributed by atoms with Crippen LogP contribution in [0.5, 0.6) is 0 Å². The molecule has 0 aromatic carbocycles. The second kappa shape index (κ2) is 7.50. The largest absolute Gasteiger partial charge is 0.395 e. The van der Waals surface area contributed by atoms with Gasteiger partial charge in [0.25, 0.3) is 0 Å². The maximum Gasteiger partial charge on any atom is 0.0558 e. The predicted molar refractivity (Wildman–Crippen MR) is 65.6 cm³/mol. The topological polar surface area (TPSA) is 23.5 Å². The van der Waals surface area contributed by atoms with Crippen molar-refractivity contribution in [3.8, 4) is 11.8 Å². The molecule has 0 saturated heterocycles. The van der Waals surface area contributed by atoms with Crippen LogP contribution in [0.1, 0.15) is 27.7 Å². The number of hydrogen-bond donors (Lipinski definition) is 1. The van der Waals surface area contributed by atoms with Crippen LogP contribution in [-0.4, -0.2) is 36.2 Å². The van der Waals surface area contributed by atoms with Crippen molar-refractivity contribution in [1.29, 1.82) is 0 Å². The maximum absolute atomic E-state index is 8.78. The molecule has 1 N–H and O–H groups in total. The molecule has 0 aromatic rings. The summed E-state index contributed by atoms with van der Waals surface area (Å²) in [6.45, 7) is 11.1. The average molecular weight is 209 g/mol. The molecule has 2 nitrogen and oxygen atoms in total. The Hall–Kier alpha value is -0.780. The first kappa shape index (κ1) is 14.2. The number of hydrogen-bond acceptors (Lipinski definition) is 2. The fraction of sp³-hybridized carbons (Fsp3) is 0.692. The van der Waals surface area contributed by atoms with Gasteiger partial charge in [0.05, 0.1) is 6.61 Å². The Labute approximate surface area is 94.0 Å². The Kier molecular flexibility index (Phi) is 7.11. The van der Waals surface area contributed by atoms with E-state index in [9.17, 15) is 0 Å². The highest BCUT2D eigenvalue weighted by atomic mass is 16.3. The summed E-state index contributed by atoms with van der Waals surface area (Å²) in [5, 5.41) is 8.78. The number of rotatable bonds is 5. The first-order valence-corrected chi connectivity index (χ1v) is 5.50. The van der Waals surface area contributed by atoms with Gasteiger partial charge in [0.2, 0.25) is 0 Å². The zero-order valence-corrected chi connectivity index (χ0v) is 10.4. The number of aliphatic hydroxyl groups excluding tert-OH is 1. The molecule has 0 saturated carbocycles. The number of aliphatic hydroxyl groups is 1. The third kappa shape index (κ3) is 9.52. The van der Waals surface area contributed by atoms with E-state index in [1.165, 1.54) is 0 Å². The highest BCUT2D eigenvalue weighted by molar-refractivity contribution is 5.19. The van der Waals surface area contributed by atoms with E-state index < -0.39 is 0 Å². The molecule has 0 rings (SSSR count). The summed E-state index contributed by atoms with van der Waals surface area (Å²) in [5.74, 6) is 6.17. The van der Waals surface area contributed by atoms with Gasteiger partial charge in [-0.15, -0.1) is 0 Å². The molecular weight excluding hydrogens is 186 g/mol. The first-order chi connectivity index (χ1) is 6.99. The summed E-state index contributed by atoms with van der Waals surface area (Å²) in [7, 11) is 0. The summed E-state index contributed by atoms with van der Waals surface area (Å²) in [6.07, 6.45) is 3.93. The van der Waals surface area contributed by atoms with Gasteiger partial charge in [0.15, 0.2) is 0 Å². The van der Waals surface area contributed by atoms with Gasteiger partial charge < -0.3 is 5.11 Å². The third-order valence-electron chi connectivity index (χ3n) is 1.88. The normalized spacial score (nSPS) is 11.9. The Morgan fingerprint density at radius 1 is 1.33 bits per heavy atom. The minimum atomic E-state index is 0.0693. The zero-order valence-electron chi connectivity index (χ0n) is 10.4. The highest BCUT2D eigenvalue weighted by Crippen LogP contribution is 2.09. The molecule has 0 aliphatic rings. The van der Waals surface area contributed by atoms with Crippen LogP contribution >= 0.6 is 0 Å². The Morgan fingerprint density at radius 3 is 2.47 bits per heavy atom. The molecule has 0 spiro atoms. The smallest absolute Gasteiger partial charge is 0.0558 e. The molecule has 0 aliphatic heterocycles. The van der Waals surface area contributed by atoms with E-state index >= 15 is 0 Å². The van der Waals surface area contributed by atoms with Crippen molar-refractivity contribution in [2.45, 2.75) is 27.7 Å². The fourth-order valence-corrected chi connectivity index (χ4v) is 1.04. The molecule has 15 heavy (non-hydrogen) atoms. The van der Waals surface area contributed by atoms with Gasteiger partial charge in [-0.25, -0.2) is 0 Å². The summed E-state index contributed by atoms with van der Waals surface area (Å²) in [4.78, 5) is 2.16. The molecule has 0 aromatic heterocycles. The van der Waals surface area contributed by atoms with Gasteiger partial charge in [0, 0.05) is 18.5 Å². The van der Waals surface area contributed by atoms with Crippen LogP contribution in [0.2, 0.25) is 0 Å². The molecule has 2 heteroatoms. The molecule has 0 fully saturated rings. The number of nitrogens with zero attached hydrogens (tertiary/aromatic N) is 1. The van der Waals surface area contributed by atoms with E-state index in [0.29, 0.717) is 0 Å². The minimum Gasteiger partial charge on any atom is -0.395 e. The Balaban J connectivity index is 3.91. The molecule has 86 valence electrons. The Bertz CT molecular complexity index is 239. The van der Waals surface area contributed by atoms with Gasteiger partial charge in [-0.05, 0) is 33.4 Å². The van der Waals surface area contributed by atoms with Crippen LogP contribution in [0.25, 0.3) is 0 Å². The third-order valence-corrected chi connectivity index (χ3v) is 1.88. The van der Waals surface area contributed by atoms with Crippen LogP contribution in [0.4, 0.5) is 0 Å². The van der Waals surface area contributed by atoms with Crippen molar-refractivity contribution in [3.63, 3.8) is 0 Å². The lowest BCUT2D eigenvalue weighted by atomic mass is 9.98. The SMILES string of the molecule is CCN(CC=CC#CC(C)(C)C)CCO. The highest BCUT2D eigenvalue weighted by Gasteiger charge is 2.02. The Morgan fingerprint density at radius 2 is 2.00 bits per heavy atom. The second-order valence-electron chi connectivity index (χ2n) is 4.54. The van der Waals surface area contributed by atoms with Crippen LogP contribution < -0.4 is 0 Å². The lowest BCUT2D eigenvalue weighted by molar-refractivity contribution is 0.214. The molecule has 0 atom stereocenters. The lowest BCUT2D eigenvalue weighted by Crippen LogP contribution is -2.26. The van der Waals surface area contributed by atoms with Crippen molar-refractivity contribution in [3.05, 3.63) is 12.2 Å². The second-order valence-corrected chi connectivity index (χ2v) is 4.54. The monoisotopic (exact) mass is 209 g/mol. The van der Waals surface area contributed by atoms with Crippen LogP contribution in [0.15, 0.2) is 12.2 Å². The molecule has 0 radical (unpaired) electrons. The van der Waals surface area contributed by atoms with Crippen LogP contribution in [-0.2, 0) is 0 Å². The van der Waals surface area contributed by atoms with Gasteiger partial charge in [-0.2, -0.15) is 0 Å². The van der Waals surface area contributed by atoms with Gasteiger partial charge in [-0.1, -0.05) is 24.8 Å². The predicted octanol–water partition coefficient (Wildman–Crippen LogP) is 1.91. The molecule has 0 heterocycles. The molecule has 0 aliphatic carbocycles. The maximum atomic E-state index is 8.78. The minimum absolute atomic E-state index is 0.0693. The number of allylic oxidation sites excluding steroid dienone is 1. The summed E-state index contributed by atoms with van der Waals surface area (Å²) >= 11 is 0. The van der Waals surface area contributed by atoms with Gasteiger partial charge in [-0.3, -0.25) is 4.90 Å². The lowest BCUT2D eigenvalue weighted by Gasteiger charge is -2.15. The molecular formula is C13H23NO. The standard InChI is InChI=1S/C13H23NO/c1-5-14(11-12-15)10-8-6-7-9-13(2,3)4/h6,8,15H,5,10-12H2,1-4H3. The average Bonchev–Trinajstić information content (AvgIpc) is 2.14.